The average molecular weight is 349 g/mol. The van der Waals surface area contributed by atoms with Crippen molar-refractivity contribution in [2.75, 3.05) is 5.75 Å². The monoisotopic (exact) mass is 349 g/mol. The number of aryl methyl sites for hydroxylation is 2. The van der Waals surface area contributed by atoms with Crippen LogP contribution >= 0.6 is 0 Å². The van der Waals surface area contributed by atoms with Gasteiger partial charge in [0.1, 0.15) is 0 Å². The second kappa shape index (κ2) is 6.74. The smallest absolute Gasteiger partial charge is 0.301 e. The summed E-state index contributed by atoms with van der Waals surface area (Å²) in [6.45, 7) is 0.234. The van der Waals surface area contributed by atoms with Crippen molar-refractivity contribution >= 4 is 10.0 Å². The Labute approximate surface area is 139 Å². The topological polar surface area (TPSA) is 101 Å². The van der Waals surface area contributed by atoms with Gasteiger partial charge in [-0.1, -0.05) is 24.3 Å². The van der Waals surface area contributed by atoms with Gasteiger partial charge in [-0.2, -0.15) is 0 Å². The summed E-state index contributed by atoms with van der Waals surface area (Å²) in [6, 6.07) is 8.90. The summed E-state index contributed by atoms with van der Waals surface area (Å²) in [4.78, 5) is 24.7. The zero-order valence-corrected chi connectivity index (χ0v) is 13.9. The molecule has 0 spiro atoms. The van der Waals surface area contributed by atoms with Crippen LogP contribution in [-0.2, 0) is 23.0 Å². The maximum Gasteiger partial charge on any atom is 0.328 e. The Kier molecular flexibility index (Phi) is 4.68. The first-order chi connectivity index (χ1) is 11.4. The van der Waals surface area contributed by atoms with Crippen molar-refractivity contribution in [3.63, 3.8) is 0 Å². The molecule has 1 aliphatic carbocycles. The molecular formula is C16H19N3O4S. The molecule has 7 nitrogen and oxygen atoms in total. The molecule has 2 aromatic rings. The molecule has 8 heteroatoms. The van der Waals surface area contributed by atoms with Gasteiger partial charge in [-0.25, -0.2) is 17.9 Å². The van der Waals surface area contributed by atoms with E-state index >= 15 is 0 Å². The molecule has 0 saturated heterocycles. The SMILES string of the molecule is O=c1ccn(CCCS(=O)(=O)NC2CCc3ccccc32)c(=O)[nH]1. The van der Waals surface area contributed by atoms with E-state index in [9.17, 15) is 18.0 Å². The summed E-state index contributed by atoms with van der Waals surface area (Å²) in [5.41, 5.74) is 1.23. The van der Waals surface area contributed by atoms with E-state index in [1.807, 2.05) is 24.3 Å². The van der Waals surface area contributed by atoms with Gasteiger partial charge in [0.25, 0.3) is 5.56 Å². The number of hydrogen-bond donors (Lipinski definition) is 2. The van der Waals surface area contributed by atoms with Crippen LogP contribution in [0.15, 0.2) is 46.1 Å². The predicted molar refractivity (Wildman–Crippen MR) is 90.4 cm³/mol. The highest BCUT2D eigenvalue weighted by atomic mass is 32.2. The summed E-state index contributed by atoms with van der Waals surface area (Å²) in [5, 5.41) is 0. The fraction of sp³-hybridized carbons (Fsp3) is 0.375. The van der Waals surface area contributed by atoms with E-state index in [0.717, 1.165) is 18.4 Å². The molecule has 1 heterocycles. The van der Waals surface area contributed by atoms with Crippen LogP contribution in [0.4, 0.5) is 0 Å². The fourth-order valence-electron chi connectivity index (χ4n) is 3.00. The van der Waals surface area contributed by atoms with Gasteiger partial charge in [-0.05, 0) is 30.4 Å². The summed E-state index contributed by atoms with van der Waals surface area (Å²) in [7, 11) is -3.44. The van der Waals surface area contributed by atoms with Gasteiger partial charge < -0.3 is 4.57 Å². The molecule has 0 saturated carbocycles. The Balaban J connectivity index is 1.59. The van der Waals surface area contributed by atoms with Crippen LogP contribution in [0, 0.1) is 0 Å². The first-order valence-electron chi connectivity index (χ1n) is 7.82. The van der Waals surface area contributed by atoms with Crippen molar-refractivity contribution < 1.29 is 8.42 Å². The van der Waals surface area contributed by atoms with Crippen LogP contribution in [0.2, 0.25) is 0 Å². The van der Waals surface area contributed by atoms with E-state index in [1.54, 1.807) is 0 Å². The number of hydrogen-bond acceptors (Lipinski definition) is 4. The minimum atomic E-state index is -3.44. The maximum absolute atomic E-state index is 12.3. The summed E-state index contributed by atoms with van der Waals surface area (Å²) in [6.07, 6.45) is 3.29. The van der Waals surface area contributed by atoms with E-state index in [-0.39, 0.29) is 24.8 Å². The third-order valence-corrected chi connectivity index (χ3v) is 5.63. The molecule has 0 fully saturated rings. The average Bonchev–Trinajstić information content (AvgIpc) is 2.92. The van der Waals surface area contributed by atoms with Crippen molar-refractivity contribution in [2.24, 2.45) is 0 Å². The number of benzene rings is 1. The molecule has 2 N–H and O–H groups in total. The number of sulfonamides is 1. The van der Waals surface area contributed by atoms with E-state index in [4.69, 9.17) is 0 Å². The van der Waals surface area contributed by atoms with Gasteiger partial charge in [-0.3, -0.25) is 9.78 Å². The largest absolute Gasteiger partial charge is 0.328 e. The number of nitrogens with zero attached hydrogens (tertiary/aromatic N) is 1. The molecule has 128 valence electrons. The second-order valence-corrected chi connectivity index (χ2v) is 7.76. The fourth-order valence-corrected chi connectivity index (χ4v) is 4.31. The highest BCUT2D eigenvalue weighted by molar-refractivity contribution is 7.89. The third-order valence-electron chi connectivity index (χ3n) is 4.16. The Hall–Kier alpha value is -2.19. The van der Waals surface area contributed by atoms with Crippen molar-refractivity contribution in [1.82, 2.24) is 14.3 Å². The van der Waals surface area contributed by atoms with Crippen LogP contribution < -0.4 is 16.0 Å². The van der Waals surface area contributed by atoms with Crippen LogP contribution in [0.5, 0.6) is 0 Å². The van der Waals surface area contributed by atoms with Crippen molar-refractivity contribution in [2.45, 2.75) is 31.8 Å². The van der Waals surface area contributed by atoms with Gasteiger partial charge in [0, 0.05) is 24.8 Å². The van der Waals surface area contributed by atoms with E-state index in [1.165, 1.54) is 22.4 Å². The van der Waals surface area contributed by atoms with Crippen molar-refractivity contribution in [3.05, 3.63) is 68.5 Å². The number of H-pyrrole nitrogens is 1. The molecule has 1 aliphatic rings. The minimum Gasteiger partial charge on any atom is -0.301 e. The van der Waals surface area contributed by atoms with Crippen LogP contribution in [0.25, 0.3) is 0 Å². The predicted octanol–water partition coefficient (Wildman–Crippen LogP) is 0.534. The Morgan fingerprint density at radius 2 is 2.00 bits per heavy atom. The molecule has 0 radical (unpaired) electrons. The molecule has 0 aliphatic heterocycles. The van der Waals surface area contributed by atoms with Gasteiger partial charge in [-0.15, -0.1) is 0 Å². The lowest BCUT2D eigenvalue weighted by atomic mass is 10.1. The number of rotatable bonds is 6. The molecule has 1 atom stereocenters. The van der Waals surface area contributed by atoms with Gasteiger partial charge >= 0.3 is 5.69 Å². The molecule has 1 aromatic carbocycles. The lowest BCUT2D eigenvalue weighted by Gasteiger charge is -2.14. The van der Waals surface area contributed by atoms with Gasteiger partial charge in [0.05, 0.1) is 5.75 Å². The minimum absolute atomic E-state index is 0.0722. The van der Waals surface area contributed by atoms with Crippen LogP contribution in [-0.4, -0.2) is 23.7 Å². The van der Waals surface area contributed by atoms with E-state index in [0.29, 0.717) is 0 Å². The van der Waals surface area contributed by atoms with E-state index in [2.05, 4.69) is 9.71 Å². The number of nitrogens with one attached hydrogen (secondary N) is 2. The molecule has 3 rings (SSSR count). The highest BCUT2D eigenvalue weighted by Crippen LogP contribution is 2.31. The van der Waals surface area contributed by atoms with E-state index < -0.39 is 21.3 Å². The number of aromatic nitrogens is 2. The lowest BCUT2D eigenvalue weighted by molar-refractivity contribution is 0.545. The van der Waals surface area contributed by atoms with Crippen molar-refractivity contribution in [1.29, 1.82) is 0 Å². The molecule has 0 amide bonds. The molecular weight excluding hydrogens is 330 g/mol. The summed E-state index contributed by atoms with van der Waals surface area (Å²) < 4.78 is 28.6. The summed E-state index contributed by atoms with van der Waals surface area (Å²) >= 11 is 0. The first-order valence-corrected chi connectivity index (χ1v) is 9.47. The highest BCUT2D eigenvalue weighted by Gasteiger charge is 2.25. The Morgan fingerprint density at radius 1 is 1.21 bits per heavy atom. The zero-order valence-electron chi connectivity index (χ0n) is 13.1. The Bertz CT molecular complexity index is 946. The molecule has 1 aromatic heterocycles. The number of aromatic amines is 1. The van der Waals surface area contributed by atoms with Gasteiger partial charge in [0.2, 0.25) is 10.0 Å². The molecule has 1 unspecified atom stereocenters. The standard InChI is InChI=1S/C16H19N3O4S/c20-15-8-10-19(16(21)17-15)9-3-11-24(22,23)18-14-7-6-12-4-1-2-5-13(12)14/h1-2,4-5,8,10,14,18H,3,6-7,9,11H2,(H,17,20,21). The van der Waals surface area contributed by atoms with Crippen LogP contribution in [0.3, 0.4) is 0 Å². The quantitative estimate of drug-likeness (QED) is 0.794. The summed E-state index contributed by atoms with van der Waals surface area (Å²) in [5.74, 6) is -0.0722. The molecule has 0 bridgehead atoms. The zero-order chi connectivity index (χ0) is 17.2. The number of fused-ring (bicyclic) bond motifs is 1. The normalized spacial score (nSPS) is 16.9. The molecule has 24 heavy (non-hydrogen) atoms. The Morgan fingerprint density at radius 3 is 2.79 bits per heavy atom. The first kappa shape index (κ1) is 16.7. The van der Waals surface area contributed by atoms with Crippen molar-refractivity contribution in [3.8, 4) is 0 Å². The maximum atomic E-state index is 12.3. The van der Waals surface area contributed by atoms with Gasteiger partial charge in [0.15, 0.2) is 0 Å². The third kappa shape index (κ3) is 3.82. The second-order valence-electron chi connectivity index (χ2n) is 5.88. The lowest BCUT2D eigenvalue weighted by Crippen LogP contribution is -2.32. The van der Waals surface area contributed by atoms with Crippen LogP contribution in [0.1, 0.15) is 30.0 Å².